The van der Waals surface area contributed by atoms with Gasteiger partial charge in [-0.1, -0.05) is 0 Å². The van der Waals surface area contributed by atoms with E-state index in [4.69, 9.17) is 0 Å². The number of amides is 1. The second kappa shape index (κ2) is 7.35. The topological polar surface area (TPSA) is 114 Å². The summed E-state index contributed by atoms with van der Waals surface area (Å²) in [4.78, 5) is 39.0. The predicted molar refractivity (Wildman–Crippen MR) is 90.2 cm³/mol. The van der Waals surface area contributed by atoms with Crippen LogP contribution < -0.4 is 5.32 Å². The van der Waals surface area contributed by atoms with Gasteiger partial charge in [-0.25, -0.2) is 9.78 Å². The van der Waals surface area contributed by atoms with E-state index in [-0.39, 0.29) is 13.0 Å². The molecule has 1 fully saturated rings. The number of rotatable bonds is 7. The summed E-state index contributed by atoms with van der Waals surface area (Å²) in [6, 6.07) is 3.99. The van der Waals surface area contributed by atoms with Gasteiger partial charge in [0.25, 0.3) is 5.78 Å². The number of carbonyl (C=O) groups is 3. The van der Waals surface area contributed by atoms with Gasteiger partial charge in [-0.05, 0) is 37.3 Å². The molecule has 0 aromatic carbocycles. The van der Waals surface area contributed by atoms with Crippen LogP contribution in [-0.2, 0) is 25.5 Å². The summed E-state index contributed by atoms with van der Waals surface area (Å²) in [5.74, 6) is -1.72. The SMILES string of the molecule is CCOC(=O)C(=O)CNC(=O)Cc1cn2cc(C3CC3)cc(C#N)c2n1. The first-order valence-corrected chi connectivity index (χ1v) is 8.40. The molecule has 3 rings (SSSR count). The summed E-state index contributed by atoms with van der Waals surface area (Å²) in [5, 5.41) is 11.7. The summed E-state index contributed by atoms with van der Waals surface area (Å²) in [5.41, 5.74) is 2.55. The van der Waals surface area contributed by atoms with E-state index in [9.17, 15) is 19.6 Å². The first-order chi connectivity index (χ1) is 12.5. The van der Waals surface area contributed by atoms with Gasteiger partial charge in [-0.3, -0.25) is 9.59 Å². The normalized spacial score (nSPS) is 13.2. The van der Waals surface area contributed by atoms with Crippen LogP contribution in [0.3, 0.4) is 0 Å². The maximum atomic E-state index is 12.0. The van der Waals surface area contributed by atoms with E-state index >= 15 is 0 Å². The van der Waals surface area contributed by atoms with Crippen LogP contribution in [0.4, 0.5) is 0 Å². The maximum Gasteiger partial charge on any atom is 0.376 e. The number of aromatic nitrogens is 2. The first kappa shape index (κ1) is 17.6. The van der Waals surface area contributed by atoms with Crippen molar-refractivity contribution >= 4 is 23.3 Å². The van der Waals surface area contributed by atoms with Gasteiger partial charge in [0, 0.05) is 12.4 Å². The number of hydrogen-bond donors (Lipinski definition) is 1. The maximum absolute atomic E-state index is 12.0. The lowest BCUT2D eigenvalue weighted by atomic mass is 10.1. The predicted octanol–water partition coefficient (Wildman–Crippen LogP) is 0.874. The number of hydrogen-bond acceptors (Lipinski definition) is 6. The standard InChI is InChI=1S/C18H18N4O4/c1-2-26-18(25)15(23)8-20-16(24)6-14-10-22-9-13(11-3-4-11)5-12(7-19)17(22)21-14/h5,9-11H,2-4,6,8H2,1H3,(H,20,24). The van der Waals surface area contributed by atoms with E-state index in [2.05, 4.69) is 21.1 Å². The Morgan fingerprint density at radius 3 is 2.81 bits per heavy atom. The summed E-state index contributed by atoms with van der Waals surface area (Å²) in [6.45, 7) is 1.28. The van der Waals surface area contributed by atoms with Crippen LogP contribution in [0.2, 0.25) is 0 Å². The molecule has 2 heterocycles. The summed E-state index contributed by atoms with van der Waals surface area (Å²) in [7, 11) is 0. The van der Waals surface area contributed by atoms with Gasteiger partial charge in [0.05, 0.1) is 30.8 Å². The van der Waals surface area contributed by atoms with Crippen LogP contribution in [0, 0.1) is 11.3 Å². The molecule has 1 saturated carbocycles. The molecule has 1 amide bonds. The average Bonchev–Trinajstić information content (AvgIpc) is 3.39. The molecule has 0 unspecified atom stereocenters. The summed E-state index contributed by atoms with van der Waals surface area (Å²) >= 11 is 0. The van der Waals surface area contributed by atoms with E-state index in [0.717, 1.165) is 18.4 Å². The molecular weight excluding hydrogens is 336 g/mol. The van der Waals surface area contributed by atoms with Crippen molar-refractivity contribution in [3.63, 3.8) is 0 Å². The van der Waals surface area contributed by atoms with E-state index < -0.39 is 24.2 Å². The van der Waals surface area contributed by atoms with Gasteiger partial charge in [-0.2, -0.15) is 5.26 Å². The van der Waals surface area contributed by atoms with Gasteiger partial charge in [-0.15, -0.1) is 0 Å². The van der Waals surface area contributed by atoms with Crippen molar-refractivity contribution in [2.24, 2.45) is 0 Å². The van der Waals surface area contributed by atoms with Gasteiger partial charge >= 0.3 is 5.97 Å². The minimum Gasteiger partial charge on any atom is -0.460 e. The molecule has 0 aliphatic heterocycles. The van der Waals surface area contributed by atoms with Gasteiger partial charge in [0.2, 0.25) is 5.91 Å². The minimum absolute atomic E-state index is 0.0542. The number of imidazole rings is 1. The highest BCUT2D eigenvalue weighted by molar-refractivity contribution is 6.34. The number of carbonyl (C=O) groups excluding carboxylic acids is 3. The molecule has 8 heteroatoms. The molecule has 2 aromatic heterocycles. The lowest BCUT2D eigenvalue weighted by Crippen LogP contribution is -2.34. The molecule has 0 spiro atoms. The molecule has 0 atom stereocenters. The Morgan fingerprint density at radius 1 is 1.38 bits per heavy atom. The second-order valence-corrected chi connectivity index (χ2v) is 6.13. The number of nitrogens with zero attached hydrogens (tertiary/aromatic N) is 3. The van der Waals surface area contributed by atoms with E-state index in [1.54, 1.807) is 17.5 Å². The summed E-state index contributed by atoms with van der Waals surface area (Å²) in [6.07, 6.45) is 5.83. The number of ether oxygens (including phenoxy) is 1. The van der Waals surface area contributed by atoms with E-state index in [1.807, 2.05) is 12.3 Å². The third-order valence-electron chi connectivity index (χ3n) is 4.08. The lowest BCUT2D eigenvalue weighted by Gasteiger charge is -2.03. The highest BCUT2D eigenvalue weighted by Crippen LogP contribution is 2.40. The third kappa shape index (κ3) is 3.88. The molecule has 2 aromatic rings. The highest BCUT2D eigenvalue weighted by atomic mass is 16.5. The van der Waals surface area contributed by atoms with Crippen molar-refractivity contribution in [1.29, 1.82) is 5.26 Å². The quantitative estimate of drug-likeness (QED) is 0.583. The van der Waals surface area contributed by atoms with Crippen LogP contribution >= 0.6 is 0 Å². The second-order valence-electron chi connectivity index (χ2n) is 6.13. The van der Waals surface area contributed by atoms with Crippen LogP contribution in [0.15, 0.2) is 18.5 Å². The fourth-order valence-corrected chi connectivity index (χ4v) is 2.67. The summed E-state index contributed by atoms with van der Waals surface area (Å²) < 4.78 is 6.33. The monoisotopic (exact) mass is 354 g/mol. The Morgan fingerprint density at radius 2 is 2.15 bits per heavy atom. The molecule has 8 nitrogen and oxygen atoms in total. The van der Waals surface area contributed by atoms with Gasteiger partial charge in [0.15, 0.2) is 5.65 Å². The molecule has 1 aliphatic carbocycles. The zero-order valence-electron chi connectivity index (χ0n) is 14.3. The van der Waals surface area contributed by atoms with Crippen LogP contribution in [0.25, 0.3) is 5.65 Å². The number of pyridine rings is 1. The minimum atomic E-state index is -0.966. The van der Waals surface area contributed by atoms with Crippen molar-refractivity contribution in [3.05, 3.63) is 35.3 Å². The Kier molecular flexibility index (Phi) is 4.98. The fourth-order valence-electron chi connectivity index (χ4n) is 2.67. The number of ketones is 1. The number of fused-ring (bicyclic) bond motifs is 1. The van der Waals surface area contributed by atoms with Crippen LogP contribution in [0.1, 0.15) is 42.5 Å². The Balaban J connectivity index is 1.67. The average molecular weight is 354 g/mol. The molecule has 1 N–H and O–H groups in total. The molecular formula is C18H18N4O4. The Bertz CT molecular complexity index is 921. The Hall–Kier alpha value is -3.21. The van der Waals surface area contributed by atoms with Crippen LogP contribution in [-0.4, -0.2) is 40.2 Å². The number of Topliss-reactive ketones (excluding diaryl/α,β-unsaturated/α-hetero) is 1. The third-order valence-corrected chi connectivity index (χ3v) is 4.08. The van der Waals surface area contributed by atoms with E-state index in [1.165, 1.54) is 0 Å². The molecule has 26 heavy (non-hydrogen) atoms. The number of nitriles is 1. The molecule has 1 aliphatic rings. The number of esters is 1. The molecule has 0 saturated heterocycles. The van der Waals surface area contributed by atoms with Crippen molar-refractivity contribution in [3.8, 4) is 6.07 Å². The van der Waals surface area contributed by atoms with Gasteiger partial charge < -0.3 is 14.5 Å². The highest BCUT2D eigenvalue weighted by Gasteiger charge is 2.25. The fraction of sp³-hybridized carbons (Fsp3) is 0.389. The van der Waals surface area contributed by atoms with Gasteiger partial charge in [0.1, 0.15) is 6.07 Å². The van der Waals surface area contributed by atoms with Crippen LogP contribution in [0.5, 0.6) is 0 Å². The largest absolute Gasteiger partial charge is 0.460 e. The first-order valence-electron chi connectivity index (χ1n) is 8.40. The molecule has 134 valence electrons. The lowest BCUT2D eigenvalue weighted by molar-refractivity contribution is -0.153. The van der Waals surface area contributed by atoms with Crippen molar-refractivity contribution in [1.82, 2.24) is 14.7 Å². The Labute approximate surface area is 149 Å². The molecule has 0 bridgehead atoms. The molecule has 0 radical (unpaired) electrons. The zero-order chi connectivity index (χ0) is 18.7. The van der Waals surface area contributed by atoms with Crippen molar-refractivity contribution < 1.29 is 19.1 Å². The van der Waals surface area contributed by atoms with Crippen molar-refractivity contribution in [2.75, 3.05) is 13.2 Å². The zero-order valence-corrected chi connectivity index (χ0v) is 14.3. The van der Waals surface area contributed by atoms with E-state index in [0.29, 0.717) is 22.8 Å². The number of nitrogens with one attached hydrogen (secondary N) is 1. The smallest absolute Gasteiger partial charge is 0.376 e. The van der Waals surface area contributed by atoms with Crippen molar-refractivity contribution in [2.45, 2.75) is 32.1 Å².